The molecule has 3 nitrogen and oxygen atoms in total. The van der Waals surface area contributed by atoms with Gasteiger partial charge in [-0.3, -0.25) is 0 Å². The second-order valence-electron chi connectivity index (χ2n) is 4.48. The highest BCUT2D eigenvalue weighted by Crippen LogP contribution is 2.32. The summed E-state index contributed by atoms with van der Waals surface area (Å²) in [6, 6.07) is 3.98. The van der Waals surface area contributed by atoms with Crippen molar-refractivity contribution in [2.24, 2.45) is 0 Å². The molecule has 1 N–H and O–H groups in total. The highest BCUT2D eigenvalue weighted by molar-refractivity contribution is 5.46. The summed E-state index contributed by atoms with van der Waals surface area (Å²) in [5, 5.41) is 10.2. The van der Waals surface area contributed by atoms with Crippen molar-refractivity contribution >= 4 is 0 Å². The molecule has 1 rings (SSSR count). The molecule has 0 bridgehead atoms. The van der Waals surface area contributed by atoms with Crippen molar-refractivity contribution < 1.29 is 14.6 Å². The van der Waals surface area contributed by atoms with Crippen LogP contribution in [0.5, 0.6) is 5.75 Å². The lowest BCUT2D eigenvalue weighted by Gasteiger charge is -2.18. The SMILES string of the molecule is CCOCCCC(O)c1ccc(C)c(C)c1OC. The molecule has 1 aromatic carbocycles. The number of aliphatic hydroxyl groups is 1. The molecule has 1 aromatic rings. The van der Waals surface area contributed by atoms with Gasteiger partial charge in [0.25, 0.3) is 0 Å². The van der Waals surface area contributed by atoms with Crippen LogP contribution in [-0.2, 0) is 4.74 Å². The molecule has 0 saturated carbocycles. The van der Waals surface area contributed by atoms with Gasteiger partial charge >= 0.3 is 0 Å². The molecule has 0 aromatic heterocycles. The molecule has 1 unspecified atom stereocenters. The van der Waals surface area contributed by atoms with Crippen molar-refractivity contribution in [2.75, 3.05) is 20.3 Å². The Morgan fingerprint density at radius 3 is 2.61 bits per heavy atom. The van der Waals surface area contributed by atoms with Gasteiger partial charge in [-0.05, 0) is 44.7 Å². The third-order valence-corrected chi connectivity index (χ3v) is 3.24. The Balaban J connectivity index is 2.73. The van der Waals surface area contributed by atoms with Crippen molar-refractivity contribution in [3.8, 4) is 5.75 Å². The molecular weight excluding hydrogens is 228 g/mol. The van der Waals surface area contributed by atoms with E-state index < -0.39 is 6.10 Å². The second-order valence-corrected chi connectivity index (χ2v) is 4.48. The normalized spacial score (nSPS) is 12.5. The van der Waals surface area contributed by atoms with Crippen molar-refractivity contribution in [3.05, 3.63) is 28.8 Å². The number of hydrogen-bond donors (Lipinski definition) is 1. The smallest absolute Gasteiger partial charge is 0.127 e. The summed E-state index contributed by atoms with van der Waals surface area (Å²) in [6.07, 6.45) is 1.06. The third-order valence-electron chi connectivity index (χ3n) is 3.24. The first kappa shape index (κ1) is 15.0. The van der Waals surface area contributed by atoms with Gasteiger partial charge in [0, 0.05) is 18.8 Å². The van der Waals surface area contributed by atoms with Crippen molar-refractivity contribution in [2.45, 2.75) is 39.7 Å². The largest absolute Gasteiger partial charge is 0.496 e. The van der Waals surface area contributed by atoms with Crippen molar-refractivity contribution in [1.29, 1.82) is 0 Å². The van der Waals surface area contributed by atoms with Crippen LogP contribution in [0.15, 0.2) is 12.1 Å². The van der Waals surface area contributed by atoms with E-state index in [2.05, 4.69) is 0 Å². The van der Waals surface area contributed by atoms with E-state index in [0.717, 1.165) is 29.9 Å². The lowest BCUT2D eigenvalue weighted by Crippen LogP contribution is -2.05. The summed E-state index contributed by atoms with van der Waals surface area (Å²) >= 11 is 0. The van der Waals surface area contributed by atoms with Gasteiger partial charge in [-0.25, -0.2) is 0 Å². The molecular formula is C15H24O3. The summed E-state index contributed by atoms with van der Waals surface area (Å²) < 4.78 is 10.7. The number of ether oxygens (including phenoxy) is 2. The van der Waals surface area contributed by atoms with E-state index in [9.17, 15) is 5.11 Å². The van der Waals surface area contributed by atoms with Gasteiger partial charge in [0.05, 0.1) is 13.2 Å². The predicted molar refractivity (Wildman–Crippen MR) is 73.2 cm³/mol. The summed E-state index contributed by atoms with van der Waals surface area (Å²) in [5.74, 6) is 0.805. The monoisotopic (exact) mass is 252 g/mol. The van der Waals surface area contributed by atoms with Gasteiger partial charge < -0.3 is 14.6 Å². The molecule has 0 heterocycles. The number of hydrogen-bond acceptors (Lipinski definition) is 3. The minimum atomic E-state index is -0.486. The first-order chi connectivity index (χ1) is 8.61. The van der Waals surface area contributed by atoms with E-state index in [4.69, 9.17) is 9.47 Å². The average Bonchev–Trinajstić information content (AvgIpc) is 2.37. The summed E-state index contributed by atoms with van der Waals surface area (Å²) in [5.41, 5.74) is 3.15. The predicted octanol–water partition coefficient (Wildman–Crippen LogP) is 3.16. The van der Waals surface area contributed by atoms with E-state index in [0.29, 0.717) is 13.0 Å². The zero-order valence-corrected chi connectivity index (χ0v) is 11.8. The van der Waals surface area contributed by atoms with Gasteiger partial charge in [0.15, 0.2) is 0 Å². The summed E-state index contributed by atoms with van der Waals surface area (Å²) in [7, 11) is 1.65. The van der Waals surface area contributed by atoms with Gasteiger partial charge in [0.2, 0.25) is 0 Å². The van der Waals surface area contributed by atoms with E-state index in [-0.39, 0.29) is 0 Å². The quantitative estimate of drug-likeness (QED) is 0.758. The van der Waals surface area contributed by atoms with E-state index in [1.165, 1.54) is 5.56 Å². The maximum absolute atomic E-state index is 10.2. The number of methoxy groups -OCH3 is 1. The minimum absolute atomic E-state index is 0.486. The van der Waals surface area contributed by atoms with Crippen LogP contribution in [0.4, 0.5) is 0 Å². The van der Waals surface area contributed by atoms with Crippen LogP contribution < -0.4 is 4.74 Å². The molecule has 0 amide bonds. The fourth-order valence-corrected chi connectivity index (χ4v) is 2.02. The minimum Gasteiger partial charge on any atom is -0.496 e. The van der Waals surface area contributed by atoms with Crippen LogP contribution in [0, 0.1) is 13.8 Å². The Morgan fingerprint density at radius 1 is 1.28 bits per heavy atom. The topological polar surface area (TPSA) is 38.7 Å². The molecule has 0 aliphatic carbocycles. The number of rotatable bonds is 7. The first-order valence-corrected chi connectivity index (χ1v) is 6.51. The lowest BCUT2D eigenvalue weighted by atomic mass is 9.98. The summed E-state index contributed by atoms with van der Waals surface area (Å²) in [6.45, 7) is 7.46. The fraction of sp³-hybridized carbons (Fsp3) is 0.600. The van der Waals surface area contributed by atoms with E-state index >= 15 is 0 Å². The number of aryl methyl sites for hydroxylation is 1. The summed E-state index contributed by atoms with van der Waals surface area (Å²) in [4.78, 5) is 0. The number of benzene rings is 1. The molecule has 0 saturated heterocycles. The third kappa shape index (κ3) is 3.72. The maximum Gasteiger partial charge on any atom is 0.127 e. The lowest BCUT2D eigenvalue weighted by molar-refractivity contribution is 0.113. The Labute approximate surface area is 110 Å². The molecule has 0 aliphatic heterocycles. The van der Waals surface area contributed by atoms with Crippen LogP contribution in [0.2, 0.25) is 0 Å². The van der Waals surface area contributed by atoms with Crippen LogP contribution in [-0.4, -0.2) is 25.4 Å². The Kier molecular flexibility index (Phi) is 6.16. The van der Waals surface area contributed by atoms with Gasteiger partial charge in [-0.15, -0.1) is 0 Å². The Hall–Kier alpha value is -1.06. The average molecular weight is 252 g/mol. The van der Waals surface area contributed by atoms with E-state index in [1.54, 1.807) is 7.11 Å². The zero-order chi connectivity index (χ0) is 13.5. The van der Waals surface area contributed by atoms with Crippen LogP contribution in [0.25, 0.3) is 0 Å². The molecule has 18 heavy (non-hydrogen) atoms. The van der Waals surface area contributed by atoms with Gasteiger partial charge in [-0.2, -0.15) is 0 Å². The highest BCUT2D eigenvalue weighted by Gasteiger charge is 2.15. The van der Waals surface area contributed by atoms with Gasteiger partial charge in [-0.1, -0.05) is 12.1 Å². The van der Waals surface area contributed by atoms with Crippen molar-refractivity contribution in [1.82, 2.24) is 0 Å². The molecule has 0 fully saturated rings. The van der Waals surface area contributed by atoms with E-state index in [1.807, 2.05) is 32.9 Å². The molecule has 0 spiro atoms. The second kappa shape index (κ2) is 7.39. The Bertz CT molecular complexity index is 374. The molecule has 0 radical (unpaired) electrons. The molecule has 0 aliphatic rings. The van der Waals surface area contributed by atoms with Crippen LogP contribution in [0.3, 0.4) is 0 Å². The Morgan fingerprint density at radius 2 is 2.00 bits per heavy atom. The standard InChI is InChI=1S/C15H24O3/c1-5-18-10-6-7-14(16)13-9-8-11(2)12(3)15(13)17-4/h8-9,14,16H,5-7,10H2,1-4H3. The van der Waals surface area contributed by atoms with Gasteiger partial charge in [0.1, 0.15) is 5.75 Å². The fourth-order valence-electron chi connectivity index (χ4n) is 2.02. The van der Waals surface area contributed by atoms with Crippen LogP contribution >= 0.6 is 0 Å². The zero-order valence-electron chi connectivity index (χ0n) is 11.8. The molecule has 3 heteroatoms. The highest BCUT2D eigenvalue weighted by atomic mass is 16.5. The molecule has 1 atom stereocenters. The maximum atomic E-state index is 10.2. The number of aliphatic hydroxyl groups excluding tert-OH is 1. The van der Waals surface area contributed by atoms with Crippen molar-refractivity contribution in [3.63, 3.8) is 0 Å². The molecule has 102 valence electrons. The first-order valence-electron chi connectivity index (χ1n) is 6.51. The van der Waals surface area contributed by atoms with Crippen LogP contribution in [0.1, 0.15) is 42.6 Å².